The third kappa shape index (κ3) is 5.11. The highest BCUT2D eigenvalue weighted by Gasteiger charge is 2.19. The minimum absolute atomic E-state index is 0.0170. The number of nitrogens with one attached hydrogen (secondary N) is 1. The van der Waals surface area contributed by atoms with Crippen LogP contribution in [0.5, 0.6) is 0 Å². The van der Waals surface area contributed by atoms with Gasteiger partial charge in [0.1, 0.15) is 5.82 Å². The Morgan fingerprint density at radius 1 is 1.21 bits per heavy atom. The number of anilines is 1. The summed E-state index contributed by atoms with van der Waals surface area (Å²) in [4.78, 5) is 12.1. The summed E-state index contributed by atoms with van der Waals surface area (Å²) in [6.45, 7) is 4.20. The Balaban J connectivity index is 1.71. The van der Waals surface area contributed by atoms with Gasteiger partial charge in [-0.25, -0.2) is 4.39 Å². The van der Waals surface area contributed by atoms with Crippen molar-refractivity contribution in [3.63, 3.8) is 0 Å². The number of thiocarbonyl (C=S) groups is 1. The standard InChI is InChI=1S/C19H18FN5O3S/c1-12(2)24(19(29)21-15-7-5-14(20)6-8-15)11-17-22-23-18(28-17)13-3-9-16(10-4-13)25(26)27/h3-10,12H,11H2,1-2H3,(H,21,29). The van der Waals surface area contributed by atoms with Gasteiger partial charge in [0.05, 0.1) is 11.5 Å². The van der Waals surface area contributed by atoms with Crippen LogP contribution in [0.1, 0.15) is 19.7 Å². The highest BCUT2D eigenvalue weighted by molar-refractivity contribution is 7.80. The Labute approximate surface area is 171 Å². The zero-order valence-corrected chi connectivity index (χ0v) is 16.5. The lowest BCUT2D eigenvalue weighted by atomic mass is 10.2. The third-order valence-electron chi connectivity index (χ3n) is 4.08. The van der Waals surface area contributed by atoms with Gasteiger partial charge in [-0.2, -0.15) is 0 Å². The van der Waals surface area contributed by atoms with Crippen LogP contribution in [0.4, 0.5) is 15.8 Å². The number of aromatic nitrogens is 2. The summed E-state index contributed by atoms with van der Waals surface area (Å²) in [6, 6.07) is 11.8. The SMILES string of the molecule is CC(C)N(Cc1nnc(-c2ccc([N+](=O)[O-])cc2)o1)C(=S)Nc1ccc(F)cc1. The third-order valence-corrected chi connectivity index (χ3v) is 4.41. The summed E-state index contributed by atoms with van der Waals surface area (Å²) >= 11 is 5.47. The molecule has 1 heterocycles. The van der Waals surface area contributed by atoms with E-state index in [0.29, 0.717) is 22.3 Å². The highest BCUT2D eigenvalue weighted by Crippen LogP contribution is 2.22. The summed E-state index contributed by atoms with van der Waals surface area (Å²) < 4.78 is 18.8. The molecule has 150 valence electrons. The average molecular weight is 415 g/mol. The van der Waals surface area contributed by atoms with Gasteiger partial charge in [-0.15, -0.1) is 10.2 Å². The number of halogens is 1. The largest absolute Gasteiger partial charge is 0.419 e. The second-order valence-electron chi connectivity index (χ2n) is 6.46. The maximum Gasteiger partial charge on any atom is 0.269 e. The number of nitrogens with zero attached hydrogens (tertiary/aromatic N) is 4. The zero-order valence-electron chi connectivity index (χ0n) is 15.7. The molecule has 8 nitrogen and oxygen atoms in total. The van der Waals surface area contributed by atoms with Crippen LogP contribution in [-0.4, -0.2) is 31.2 Å². The van der Waals surface area contributed by atoms with Gasteiger partial charge in [-0.3, -0.25) is 10.1 Å². The Hall–Kier alpha value is -3.40. The lowest BCUT2D eigenvalue weighted by molar-refractivity contribution is -0.384. The van der Waals surface area contributed by atoms with Crippen LogP contribution in [0.2, 0.25) is 0 Å². The van der Waals surface area contributed by atoms with E-state index >= 15 is 0 Å². The number of nitro benzene ring substituents is 1. The van der Waals surface area contributed by atoms with Crippen molar-refractivity contribution in [2.45, 2.75) is 26.4 Å². The van der Waals surface area contributed by atoms with Crippen LogP contribution >= 0.6 is 12.2 Å². The molecule has 0 saturated carbocycles. The molecule has 3 aromatic rings. The molecule has 0 unspecified atom stereocenters. The van der Waals surface area contributed by atoms with Crippen molar-refractivity contribution in [2.75, 3.05) is 5.32 Å². The Kier molecular flexibility index (Phi) is 6.13. The van der Waals surface area contributed by atoms with Gasteiger partial charge in [0, 0.05) is 29.4 Å². The maximum atomic E-state index is 13.1. The van der Waals surface area contributed by atoms with E-state index in [1.807, 2.05) is 18.7 Å². The van der Waals surface area contributed by atoms with Crippen LogP contribution in [0.15, 0.2) is 52.9 Å². The molecule has 0 bridgehead atoms. The first-order chi connectivity index (χ1) is 13.8. The maximum absolute atomic E-state index is 13.1. The molecule has 0 aliphatic heterocycles. The van der Waals surface area contributed by atoms with Crippen molar-refractivity contribution < 1.29 is 13.7 Å². The van der Waals surface area contributed by atoms with Crippen molar-refractivity contribution in [3.8, 4) is 11.5 Å². The number of hydrogen-bond donors (Lipinski definition) is 1. The molecule has 0 amide bonds. The summed E-state index contributed by atoms with van der Waals surface area (Å²) in [5, 5.41) is 22.3. The average Bonchev–Trinajstić information content (AvgIpc) is 3.16. The summed E-state index contributed by atoms with van der Waals surface area (Å²) in [7, 11) is 0. The highest BCUT2D eigenvalue weighted by atomic mass is 32.1. The Morgan fingerprint density at radius 3 is 2.45 bits per heavy atom. The fourth-order valence-electron chi connectivity index (χ4n) is 2.52. The van der Waals surface area contributed by atoms with Crippen molar-refractivity contribution in [1.82, 2.24) is 15.1 Å². The monoisotopic (exact) mass is 415 g/mol. The van der Waals surface area contributed by atoms with Crippen molar-refractivity contribution in [2.24, 2.45) is 0 Å². The molecule has 0 saturated heterocycles. The van der Waals surface area contributed by atoms with Crippen molar-refractivity contribution in [3.05, 3.63) is 70.4 Å². The van der Waals surface area contributed by atoms with E-state index < -0.39 is 4.92 Å². The van der Waals surface area contributed by atoms with Gasteiger partial charge >= 0.3 is 0 Å². The molecule has 3 rings (SSSR count). The molecule has 0 aliphatic rings. The van der Waals surface area contributed by atoms with E-state index in [1.165, 1.54) is 24.3 Å². The number of non-ortho nitro benzene ring substituents is 1. The van der Waals surface area contributed by atoms with Crippen molar-refractivity contribution >= 4 is 28.7 Å². The number of benzene rings is 2. The Bertz CT molecular complexity index is 1010. The molecule has 2 aromatic carbocycles. The van der Waals surface area contributed by atoms with Crippen molar-refractivity contribution in [1.29, 1.82) is 0 Å². The topological polar surface area (TPSA) is 97.3 Å². The van der Waals surface area contributed by atoms with Gasteiger partial charge < -0.3 is 14.6 Å². The Morgan fingerprint density at radius 2 is 1.86 bits per heavy atom. The first-order valence-corrected chi connectivity index (χ1v) is 9.14. The fourth-order valence-corrected chi connectivity index (χ4v) is 2.92. The van der Waals surface area contributed by atoms with Gasteiger partial charge in [0.2, 0.25) is 11.8 Å². The zero-order chi connectivity index (χ0) is 21.0. The molecular formula is C19H18FN5O3S. The number of rotatable bonds is 6. The summed E-state index contributed by atoms with van der Waals surface area (Å²) in [6.07, 6.45) is 0. The van der Waals surface area contributed by atoms with E-state index in [0.717, 1.165) is 0 Å². The van der Waals surface area contributed by atoms with Crippen LogP contribution in [0.3, 0.4) is 0 Å². The smallest absolute Gasteiger partial charge is 0.269 e. The fraction of sp³-hybridized carbons (Fsp3) is 0.211. The first kappa shape index (κ1) is 20.3. The quantitative estimate of drug-likeness (QED) is 0.360. The van der Waals surface area contributed by atoms with E-state index in [2.05, 4.69) is 15.5 Å². The van der Waals surface area contributed by atoms with E-state index in [4.69, 9.17) is 16.6 Å². The molecule has 0 fully saturated rings. The van der Waals surface area contributed by atoms with Crippen LogP contribution in [0.25, 0.3) is 11.5 Å². The molecule has 1 N–H and O–H groups in total. The molecular weight excluding hydrogens is 397 g/mol. The molecule has 10 heteroatoms. The summed E-state index contributed by atoms with van der Waals surface area (Å²) in [5.74, 6) is 0.276. The second kappa shape index (κ2) is 8.74. The predicted molar refractivity (Wildman–Crippen MR) is 110 cm³/mol. The summed E-state index contributed by atoms with van der Waals surface area (Å²) in [5.41, 5.74) is 1.23. The minimum atomic E-state index is -0.474. The van der Waals surface area contributed by atoms with Gasteiger partial charge in [-0.1, -0.05) is 0 Å². The van der Waals surface area contributed by atoms with Gasteiger partial charge in [-0.05, 0) is 62.5 Å². The normalized spacial score (nSPS) is 10.8. The molecule has 0 aliphatic carbocycles. The van der Waals surface area contributed by atoms with Crippen LogP contribution in [0, 0.1) is 15.9 Å². The van der Waals surface area contributed by atoms with Gasteiger partial charge in [0.15, 0.2) is 5.11 Å². The minimum Gasteiger partial charge on any atom is -0.419 e. The first-order valence-electron chi connectivity index (χ1n) is 8.74. The van der Waals surface area contributed by atoms with E-state index in [1.54, 1.807) is 24.3 Å². The van der Waals surface area contributed by atoms with E-state index in [-0.39, 0.29) is 30.0 Å². The molecule has 0 atom stereocenters. The molecule has 1 aromatic heterocycles. The lowest BCUT2D eigenvalue weighted by Gasteiger charge is -2.28. The van der Waals surface area contributed by atoms with Gasteiger partial charge in [0.25, 0.3) is 5.69 Å². The lowest BCUT2D eigenvalue weighted by Crippen LogP contribution is -2.39. The number of nitro groups is 1. The second-order valence-corrected chi connectivity index (χ2v) is 6.85. The van der Waals surface area contributed by atoms with Crippen LogP contribution < -0.4 is 5.32 Å². The van der Waals surface area contributed by atoms with Crippen LogP contribution in [-0.2, 0) is 6.54 Å². The molecule has 0 radical (unpaired) electrons. The predicted octanol–water partition coefficient (Wildman–Crippen LogP) is 4.39. The van der Waals surface area contributed by atoms with E-state index in [9.17, 15) is 14.5 Å². The molecule has 0 spiro atoms. The number of hydrogen-bond acceptors (Lipinski definition) is 6. The molecule has 29 heavy (non-hydrogen) atoms.